The maximum Gasteiger partial charge on any atom is 0.313 e. The summed E-state index contributed by atoms with van der Waals surface area (Å²) in [5, 5.41) is 0. The Balaban J connectivity index is 1.54. The van der Waals surface area contributed by atoms with Crippen molar-refractivity contribution in [2.24, 2.45) is 5.92 Å². The molecular formula is C21H31NO2. The molecule has 0 radical (unpaired) electrons. The SMILES string of the molecule is O=C(OCCCN1CCCC1)C(c1ccccc1)C1CCCCC1. The van der Waals surface area contributed by atoms with E-state index in [-0.39, 0.29) is 11.9 Å². The summed E-state index contributed by atoms with van der Waals surface area (Å²) in [6, 6.07) is 10.3. The normalized spacial score (nSPS) is 20.8. The molecule has 0 aromatic heterocycles. The summed E-state index contributed by atoms with van der Waals surface area (Å²) in [5.74, 6) is 0.375. The predicted octanol–water partition coefficient (Wildman–Crippen LogP) is 4.38. The Labute approximate surface area is 146 Å². The molecule has 1 aliphatic carbocycles. The average Bonchev–Trinajstić information content (AvgIpc) is 3.14. The number of esters is 1. The van der Waals surface area contributed by atoms with Gasteiger partial charge in [0, 0.05) is 6.54 Å². The molecule has 1 aromatic rings. The summed E-state index contributed by atoms with van der Waals surface area (Å²) in [7, 11) is 0. The van der Waals surface area contributed by atoms with Gasteiger partial charge in [0.15, 0.2) is 0 Å². The number of nitrogens with zero attached hydrogens (tertiary/aromatic N) is 1. The van der Waals surface area contributed by atoms with Gasteiger partial charge in [0.05, 0.1) is 12.5 Å². The molecular weight excluding hydrogens is 298 g/mol. The summed E-state index contributed by atoms with van der Waals surface area (Å²) >= 11 is 0. The van der Waals surface area contributed by atoms with E-state index in [2.05, 4.69) is 17.0 Å². The first-order valence-corrected chi connectivity index (χ1v) is 9.78. The van der Waals surface area contributed by atoms with Gasteiger partial charge in [-0.05, 0) is 56.7 Å². The summed E-state index contributed by atoms with van der Waals surface area (Å²) in [4.78, 5) is 15.3. The first-order chi connectivity index (χ1) is 11.8. The molecule has 1 unspecified atom stereocenters. The summed E-state index contributed by atoms with van der Waals surface area (Å²) in [6.45, 7) is 4.05. The molecule has 24 heavy (non-hydrogen) atoms. The minimum Gasteiger partial charge on any atom is -0.465 e. The fourth-order valence-corrected chi connectivity index (χ4v) is 4.29. The van der Waals surface area contributed by atoms with E-state index >= 15 is 0 Å². The molecule has 3 rings (SSSR count). The average molecular weight is 329 g/mol. The van der Waals surface area contributed by atoms with E-state index in [1.807, 2.05) is 18.2 Å². The highest BCUT2D eigenvalue weighted by atomic mass is 16.5. The second kappa shape index (κ2) is 9.22. The van der Waals surface area contributed by atoms with Crippen molar-refractivity contribution >= 4 is 5.97 Å². The van der Waals surface area contributed by atoms with Crippen LogP contribution in [0.5, 0.6) is 0 Å². The predicted molar refractivity (Wildman–Crippen MR) is 97.0 cm³/mol. The number of carbonyl (C=O) groups is 1. The topological polar surface area (TPSA) is 29.5 Å². The van der Waals surface area contributed by atoms with E-state index in [1.165, 1.54) is 45.2 Å². The fourth-order valence-electron chi connectivity index (χ4n) is 4.29. The number of rotatable bonds is 7. The van der Waals surface area contributed by atoms with Crippen LogP contribution in [-0.2, 0) is 9.53 Å². The van der Waals surface area contributed by atoms with Crippen molar-refractivity contribution in [1.82, 2.24) is 4.90 Å². The first-order valence-electron chi connectivity index (χ1n) is 9.78. The van der Waals surface area contributed by atoms with Crippen molar-refractivity contribution < 1.29 is 9.53 Å². The third-order valence-corrected chi connectivity index (χ3v) is 5.60. The van der Waals surface area contributed by atoms with Gasteiger partial charge in [-0.15, -0.1) is 0 Å². The molecule has 1 saturated heterocycles. The number of hydrogen-bond acceptors (Lipinski definition) is 3. The lowest BCUT2D eigenvalue weighted by Crippen LogP contribution is -2.27. The molecule has 1 aliphatic heterocycles. The van der Waals surface area contributed by atoms with Crippen LogP contribution in [0.2, 0.25) is 0 Å². The molecule has 3 heteroatoms. The lowest BCUT2D eigenvalue weighted by atomic mass is 9.77. The van der Waals surface area contributed by atoms with E-state index in [1.54, 1.807) is 0 Å². The smallest absolute Gasteiger partial charge is 0.313 e. The van der Waals surface area contributed by atoms with Crippen LogP contribution in [0.15, 0.2) is 30.3 Å². The molecule has 0 N–H and O–H groups in total. The maximum atomic E-state index is 12.8. The standard InChI is InChI=1S/C21H31NO2/c23-21(24-17-9-16-22-14-7-8-15-22)20(18-10-3-1-4-11-18)19-12-5-2-6-13-19/h1,3-4,10-11,19-20H,2,5-9,12-17H2. The van der Waals surface area contributed by atoms with Crippen molar-refractivity contribution in [1.29, 1.82) is 0 Å². The second-order valence-electron chi connectivity index (χ2n) is 7.36. The van der Waals surface area contributed by atoms with Crippen LogP contribution in [0.25, 0.3) is 0 Å². The maximum absolute atomic E-state index is 12.8. The minimum atomic E-state index is -0.0710. The van der Waals surface area contributed by atoms with E-state index < -0.39 is 0 Å². The Hall–Kier alpha value is -1.35. The quantitative estimate of drug-likeness (QED) is 0.549. The zero-order chi connectivity index (χ0) is 16.6. The molecule has 1 saturated carbocycles. The Morgan fingerprint density at radius 1 is 1.04 bits per heavy atom. The summed E-state index contributed by atoms with van der Waals surface area (Å²) < 4.78 is 5.71. The van der Waals surface area contributed by atoms with Crippen LogP contribution in [0.4, 0.5) is 0 Å². The Kier molecular flexibility index (Phi) is 6.71. The monoisotopic (exact) mass is 329 g/mol. The number of likely N-dealkylation sites (tertiary alicyclic amines) is 1. The van der Waals surface area contributed by atoms with Gasteiger partial charge in [0.25, 0.3) is 0 Å². The van der Waals surface area contributed by atoms with Gasteiger partial charge in [-0.1, -0.05) is 49.6 Å². The van der Waals surface area contributed by atoms with Crippen molar-refractivity contribution in [2.75, 3.05) is 26.2 Å². The van der Waals surface area contributed by atoms with Crippen molar-refractivity contribution in [3.05, 3.63) is 35.9 Å². The van der Waals surface area contributed by atoms with E-state index in [0.717, 1.165) is 31.4 Å². The fraction of sp³-hybridized carbons (Fsp3) is 0.667. The van der Waals surface area contributed by atoms with Gasteiger partial charge in [-0.2, -0.15) is 0 Å². The first kappa shape index (κ1) is 17.5. The molecule has 2 aliphatic rings. The Morgan fingerprint density at radius 3 is 2.46 bits per heavy atom. The van der Waals surface area contributed by atoms with Crippen LogP contribution < -0.4 is 0 Å². The molecule has 2 fully saturated rings. The molecule has 0 bridgehead atoms. The van der Waals surface area contributed by atoms with Gasteiger partial charge in [0.1, 0.15) is 0 Å². The second-order valence-corrected chi connectivity index (χ2v) is 7.36. The molecule has 3 nitrogen and oxygen atoms in total. The minimum absolute atomic E-state index is 0.00507. The van der Waals surface area contributed by atoms with Gasteiger partial charge >= 0.3 is 5.97 Å². The van der Waals surface area contributed by atoms with E-state index in [9.17, 15) is 4.79 Å². The van der Waals surface area contributed by atoms with Crippen LogP contribution in [0, 0.1) is 5.92 Å². The molecule has 132 valence electrons. The van der Waals surface area contributed by atoms with Crippen LogP contribution in [0.3, 0.4) is 0 Å². The van der Waals surface area contributed by atoms with Crippen molar-refractivity contribution in [2.45, 2.75) is 57.3 Å². The van der Waals surface area contributed by atoms with Crippen LogP contribution in [-0.4, -0.2) is 37.1 Å². The van der Waals surface area contributed by atoms with Gasteiger partial charge in [0.2, 0.25) is 0 Å². The lowest BCUT2D eigenvalue weighted by Gasteiger charge is -2.29. The molecule has 1 aromatic carbocycles. The highest BCUT2D eigenvalue weighted by Gasteiger charge is 2.32. The van der Waals surface area contributed by atoms with Crippen LogP contribution >= 0.6 is 0 Å². The third kappa shape index (κ3) is 4.83. The van der Waals surface area contributed by atoms with Gasteiger partial charge < -0.3 is 9.64 Å². The molecule has 1 atom stereocenters. The Bertz CT molecular complexity index is 490. The van der Waals surface area contributed by atoms with Gasteiger partial charge in [-0.3, -0.25) is 4.79 Å². The zero-order valence-electron chi connectivity index (χ0n) is 14.8. The highest BCUT2D eigenvalue weighted by Crippen LogP contribution is 2.36. The largest absolute Gasteiger partial charge is 0.465 e. The van der Waals surface area contributed by atoms with Crippen molar-refractivity contribution in [3.63, 3.8) is 0 Å². The summed E-state index contributed by atoms with van der Waals surface area (Å²) in [5.41, 5.74) is 1.13. The van der Waals surface area contributed by atoms with E-state index in [4.69, 9.17) is 4.74 Å². The van der Waals surface area contributed by atoms with Crippen molar-refractivity contribution in [3.8, 4) is 0 Å². The molecule has 0 amide bonds. The number of benzene rings is 1. The lowest BCUT2D eigenvalue weighted by molar-refractivity contribution is -0.147. The van der Waals surface area contributed by atoms with E-state index in [0.29, 0.717) is 12.5 Å². The number of ether oxygens (including phenoxy) is 1. The highest BCUT2D eigenvalue weighted by molar-refractivity contribution is 5.78. The molecule has 0 spiro atoms. The number of hydrogen-bond donors (Lipinski definition) is 0. The van der Waals surface area contributed by atoms with Crippen LogP contribution in [0.1, 0.15) is 62.8 Å². The third-order valence-electron chi connectivity index (χ3n) is 5.60. The number of carbonyl (C=O) groups excluding carboxylic acids is 1. The van der Waals surface area contributed by atoms with Gasteiger partial charge in [-0.25, -0.2) is 0 Å². The zero-order valence-corrected chi connectivity index (χ0v) is 14.8. The molecule has 1 heterocycles. The summed E-state index contributed by atoms with van der Waals surface area (Å²) in [6.07, 6.45) is 9.70. The Morgan fingerprint density at radius 2 is 1.75 bits per heavy atom.